The minimum atomic E-state index is -0.0843. The average Bonchev–Trinajstić information content (AvgIpc) is 3.44. The topological polar surface area (TPSA) is 38.7 Å². The number of fused-ring (bicyclic) bond motifs is 3. The molecule has 0 radical (unpaired) electrons. The molecule has 2 aromatic heterocycles. The maximum Gasteiger partial charge on any atom is 0.160 e. The minimum Gasteiger partial charge on any atom is -0.264 e. The van der Waals surface area contributed by atoms with E-state index in [1.165, 1.54) is 38.9 Å². The second-order valence-corrected chi connectivity index (χ2v) is 13.7. The first-order chi connectivity index (χ1) is 25.0. The van der Waals surface area contributed by atoms with Gasteiger partial charge in [-0.3, -0.25) is 4.98 Å². The van der Waals surface area contributed by atoms with Gasteiger partial charge in [0.1, 0.15) is 0 Å². The molecule has 9 rings (SSSR count). The van der Waals surface area contributed by atoms with Gasteiger partial charge in [0.2, 0.25) is 0 Å². The highest BCUT2D eigenvalue weighted by Crippen LogP contribution is 2.52. The number of hydrogen-bond donors (Lipinski definition) is 0. The van der Waals surface area contributed by atoms with Gasteiger partial charge in [-0.1, -0.05) is 166 Å². The predicted octanol–water partition coefficient (Wildman–Crippen LogP) is 12.2. The van der Waals surface area contributed by atoms with E-state index in [4.69, 9.17) is 9.97 Å². The van der Waals surface area contributed by atoms with Crippen molar-refractivity contribution in [3.8, 4) is 78.4 Å². The zero-order chi connectivity index (χ0) is 34.4. The fourth-order valence-electron chi connectivity index (χ4n) is 7.49. The van der Waals surface area contributed by atoms with Gasteiger partial charge < -0.3 is 0 Å². The van der Waals surface area contributed by atoms with Gasteiger partial charge in [-0.25, -0.2) is 9.97 Å². The van der Waals surface area contributed by atoms with Gasteiger partial charge in [-0.2, -0.15) is 0 Å². The summed E-state index contributed by atoms with van der Waals surface area (Å²) in [6.07, 6.45) is 3.70. The molecule has 8 aromatic rings. The molecule has 0 amide bonds. The monoisotopic (exact) mass is 653 g/mol. The van der Waals surface area contributed by atoms with Crippen LogP contribution in [0, 0.1) is 0 Å². The first-order valence-electron chi connectivity index (χ1n) is 17.4. The van der Waals surface area contributed by atoms with Crippen molar-refractivity contribution in [2.75, 3.05) is 0 Å². The van der Waals surface area contributed by atoms with E-state index < -0.39 is 0 Å². The zero-order valence-electron chi connectivity index (χ0n) is 28.6. The van der Waals surface area contributed by atoms with Gasteiger partial charge >= 0.3 is 0 Å². The van der Waals surface area contributed by atoms with Crippen LogP contribution in [0.1, 0.15) is 25.0 Å². The Balaban J connectivity index is 1.06. The van der Waals surface area contributed by atoms with Gasteiger partial charge in [-0.15, -0.1) is 0 Å². The summed E-state index contributed by atoms with van der Waals surface area (Å²) < 4.78 is 0. The van der Waals surface area contributed by atoms with Crippen LogP contribution in [-0.4, -0.2) is 15.0 Å². The SMILES string of the molecule is CC1(C)c2ccccc2-c2c(-c3cc(-c4ccc(-c5ccc(-c6ccc(-c7cccnc7)cc6)cc5)cc4)nc(-c4ccccc4)n3)cccc21. The molecule has 1 aliphatic rings. The molecular weight excluding hydrogens is 619 g/mol. The van der Waals surface area contributed by atoms with Crippen LogP contribution in [0.15, 0.2) is 176 Å². The number of hydrogen-bond acceptors (Lipinski definition) is 3. The summed E-state index contributed by atoms with van der Waals surface area (Å²) in [7, 11) is 0. The fraction of sp³-hybridized carbons (Fsp3) is 0.0625. The second-order valence-electron chi connectivity index (χ2n) is 13.7. The third-order valence-electron chi connectivity index (χ3n) is 10.3. The molecule has 0 fully saturated rings. The normalized spacial score (nSPS) is 12.7. The zero-order valence-corrected chi connectivity index (χ0v) is 28.6. The first-order valence-corrected chi connectivity index (χ1v) is 17.4. The lowest BCUT2D eigenvalue weighted by molar-refractivity contribution is 0.660. The van der Waals surface area contributed by atoms with Crippen LogP contribution in [0.4, 0.5) is 0 Å². The molecule has 0 bridgehead atoms. The highest BCUT2D eigenvalue weighted by atomic mass is 14.9. The van der Waals surface area contributed by atoms with Gasteiger partial charge in [0, 0.05) is 34.5 Å². The Hall–Kier alpha value is -6.45. The molecule has 6 aromatic carbocycles. The highest BCUT2D eigenvalue weighted by Gasteiger charge is 2.36. The predicted molar refractivity (Wildman–Crippen MR) is 210 cm³/mol. The molecule has 0 unspecified atom stereocenters. The van der Waals surface area contributed by atoms with E-state index in [0.717, 1.165) is 50.6 Å². The average molecular weight is 654 g/mol. The summed E-state index contributed by atoms with van der Waals surface area (Å²) in [5.41, 5.74) is 17.2. The summed E-state index contributed by atoms with van der Waals surface area (Å²) in [5, 5.41) is 0. The molecule has 0 N–H and O–H groups in total. The van der Waals surface area contributed by atoms with Crippen LogP contribution < -0.4 is 0 Å². The van der Waals surface area contributed by atoms with E-state index in [-0.39, 0.29) is 5.41 Å². The Morgan fingerprint density at radius 2 is 0.902 bits per heavy atom. The van der Waals surface area contributed by atoms with E-state index >= 15 is 0 Å². The third-order valence-corrected chi connectivity index (χ3v) is 10.3. The maximum atomic E-state index is 5.20. The van der Waals surface area contributed by atoms with Crippen molar-refractivity contribution >= 4 is 0 Å². The molecule has 0 spiro atoms. The van der Waals surface area contributed by atoms with E-state index in [2.05, 4.69) is 158 Å². The van der Waals surface area contributed by atoms with E-state index in [9.17, 15) is 0 Å². The van der Waals surface area contributed by atoms with Gasteiger partial charge in [0.15, 0.2) is 5.82 Å². The molecule has 242 valence electrons. The molecule has 2 heterocycles. The summed E-state index contributed by atoms with van der Waals surface area (Å²) in [5.74, 6) is 0.722. The quantitative estimate of drug-likeness (QED) is 0.179. The molecule has 1 aliphatic carbocycles. The van der Waals surface area contributed by atoms with E-state index in [1.54, 1.807) is 6.20 Å². The molecule has 51 heavy (non-hydrogen) atoms. The first kappa shape index (κ1) is 30.6. The summed E-state index contributed by atoms with van der Waals surface area (Å²) in [6.45, 7) is 4.64. The maximum absolute atomic E-state index is 5.20. The van der Waals surface area contributed by atoms with Crippen LogP contribution in [-0.2, 0) is 5.41 Å². The van der Waals surface area contributed by atoms with Crippen molar-refractivity contribution in [2.45, 2.75) is 19.3 Å². The lowest BCUT2D eigenvalue weighted by Crippen LogP contribution is -2.14. The molecule has 0 aliphatic heterocycles. The largest absolute Gasteiger partial charge is 0.264 e. The van der Waals surface area contributed by atoms with Crippen molar-refractivity contribution in [3.63, 3.8) is 0 Å². The van der Waals surface area contributed by atoms with Gasteiger partial charge in [-0.05, 0) is 67.8 Å². The standard InChI is InChI=1S/C48H35N3/c1-48(2)42-15-7-6-13-40(42)46-41(14-8-16-43(46)48)45-30-44(50-47(51-45)38-10-4-3-5-11-38)37-27-25-35(26-28-37)33-19-17-32(18-20-33)34-21-23-36(24-22-34)39-12-9-29-49-31-39/h3-31H,1-2H3. The van der Waals surface area contributed by atoms with Crippen molar-refractivity contribution in [2.24, 2.45) is 0 Å². The number of pyridine rings is 1. The fourth-order valence-corrected chi connectivity index (χ4v) is 7.49. The molecule has 0 saturated carbocycles. The number of rotatable bonds is 6. The Labute approximate surface area is 299 Å². The molecule has 3 nitrogen and oxygen atoms in total. The second kappa shape index (κ2) is 12.5. The van der Waals surface area contributed by atoms with Crippen LogP contribution in [0.5, 0.6) is 0 Å². The Bertz CT molecular complexity index is 2500. The number of nitrogens with zero attached hydrogens (tertiary/aromatic N) is 3. The number of benzene rings is 6. The molecule has 0 atom stereocenters. The smallest absolute Gasteiger partial charge is 0.160 e. The van der Waals surface area contributed by atoms with Crippen molar-refractivity contribution < 1.29 is 0 Å². The highest BCUT2D eigenvalue weighted by molar-refractivity contribution is 5.92. The van der Waals surface area contributed by atoms with Crippen LogP contribution in [0.3, 0.4) is 0 Å². The van der Waals surface area contributed by atoms with Crippen LogP contribution >= 0.6 is 0 Å². The van der Waals surface area contributed by atoms with Gasteiger partial charge in [0.05, 0.1) is 11.4 Å². The third kappa shape index (κ3) is 5.53. The molecule has 3 heteroatoms. The lowest BCUT2D eigenvalue weighted by atomic mass is 9.82. The Morgan fingerprint density at radius 3 is 1.53 bits per heavy atom. The summed E-state index contributed by atoms with van der Waals surface area (Å²) >= 11 is 0. The number of aromatic nitrogens is 3. The van der Waals surface area contributed by atoms with Crippen molar-refractivity contribution in [3.05, 3.63) is 187 Å². The lowest BCUT2D eigenvalue weighted by Gasteiger charge is -2.21. The van der Waals surface area contributed by atoms with Crippen LogP contribution in [0.2, 0.25) is 0 Å². The minimum absolute atomic E-state index is 0.0843. The van der Waals surface area contributed by atoms with Crippen LogP contribution in [0.25, 0.3) is 78.4 Å². The van der Waals surface area contributed by atoms with Gasteiger partial charge in [0.25, 0.3) is 0 Å². The molecule has 0 saturated heterocycles. The van der Waals surface area contributed by atoms with Crippen molar-refractivity contribution in [1.82, 2.24) is 15.0 Å². The molecular formula is C48H35N3. The van der Waals surface area contributed by atoms with E-state index in [1.807, 2.05) is 30.5 Å². The Morgan fingerprint density at radius 1 is 0.392 bits per heavy atom. The summed E-state index contributed by atoms with van der Waals surface area (Å²) in [4.78, 5) is 14.6. The van der Waals surface area contributed by atoms with E-state index in [0.29, 0.717) is 0 Å². The Kier molecular flexibility index (Phi) is 7.48. The van der Waals surface area contributed by atoms with Crippen molar-refractivity contribution in [1.29, 1.82) is 0 Å². The summed E-state index contributed by atoms with van der Waals surface area (Å²) in [6, 6.07) is 58.1.